The zero-order valence-electron chi connectivity index (χ0n) is 6.87. The number of fused-ring (bicyclic) bond motifs is 1. The molecule has 2 rings (SSSR count). The number of halogens is 1. The lowest BCUT2D eigenvalue weighted by atomic mass is 10.2. The molecule has 0 fully saturated rings. The van der Waals surface area contributed by atoms with Crippen LogP contribution < -0.4 is 0 Å². The van der Waals surface area contributed by atoms with E-state index in [-0.39, 0.29) is 0 Å². The van der Waals surface area contributed by atoms with Crippen molar-refractivity contribution in [1.82, 2.24) is 14.6 Å². The van der Waals surface area contributed by atoms with Crippen molar-refractivity contribution in [3.8, 4) is 0 Å². The molecule has 0 saturated heterocycles. The van der Waals surface area contributed by atoms with Crippen LogP contribution in [0.4, 0.5) is 0 Å². The highest BCUT2D eigenvalue weighted by Crippen LogP contribution is 2.18. The first-order valence-corrected chi connectivity index (χ1v) is 4.73. The van der Waals surface area contributed by atoms with E-state index in [1.165, 1.54) is 11.1 Å². The molecule has 0 radical (unpaired) electrons. The average Bonchev–Trinajstić information content (AvgIpc) is 2.29. The molecule has 0 aliphatic heterocycles. The number of aryl methyl sites for hydroxylation is 2. The highest BCUT2D eigenvalue weighted by molar-refractivity contribution is 14.1. The number of hydrogen-bond acceptors (Lipinski definition) is 2. The van der Waals surface area contributed by atoms with Crippen LogP contribution in [0.15, 0.2) is 12.5 Å². The van der Waals surface area contributed by atoms with Gasteiger partial charge in [0.1, 0.15) is 10.0 Å². The van der Waals surface area contributed by atoms with Gasteiger partial charge in [0.2, 0.25) is 0 Å². The van der Waals surface area contributed by atoms with Crippen LogP contribution in [0.25, 0.3) is 5.52 Å². The van der Waals surface area contributed by atoms with Crippen LogP contribution in [-0.4, -0.2) is 14.6 Å². The van der Waals surface area contributed by atoms with Crippen LogP contribution in [0, 0.1) is 17.5 Å². The summed E-state index contributed by atoms with van der Waals surface area (Å²) in [6, 6.07) is 0. The maximum Gasteiger partial charge on any atom is 0.137 e. The topological polar surface area (TPSA) is 30.2 Å². The summed E-state index contributed by atoms with van der Waals surface area (Å²) in [7, 11) is 0. The lowest BCUT2D eigenvalue weighted by Crippen LogP contribution is -1.94. The van der Waals surface area contributed by atoms with Crippen molar-refractivity contribution in [2.24, 2.45) is 0 Å². The van der Waals surface area contributed by atoms with Crippen LogP contribution in [-0.2, 0) is 0 Å². The molecule has 12 heavy (non-hydrogen) atoms. The second-order valence-electron chi connectivity index (χ2n) is 2.78. The third-order valence-corrected chi connectivity index (χ3v) is 2.82. The highest BCUT2D eigenvalue weighted by atomic mass is 127. The molecule has 0 N–H and O–H groups in total. The zero-order chi connectivity index (χ0) is 8.72. The summed E-state index contributed by atoms with van der Waals surface area (Å²) >= 11 is 2.23. The molecule has 0 atom stereocenters. The molecule has 2 aromatic heterocycles. The van der Waals surface area contributed by atoms with E-state index in [1.807, 2.05) is 10.7 Å². The standard InChI is InChI=1S/C8H8IN3/c1-5-3-12-7(6(5)2)8(9)10-4-11-12/h3-4H,1-2H3. The van der Waals surface area contributed by atoms with E-state index in [0.717, 1.165) is 9.22 Å². The minimum atomic E-state index is 1.01. The molecule has 0 bridgehead atoms. The Morgan fingerprint density at radius 2 is 2.17 bits per heavy atom. The van der Waals surface area contributed by atoms with Crippen molar-refractivity contribution in [3.05, 3.63) is 27.4 Å². The Balaban J connectivity index is 2.97. The molecule has 0 aliphatic rings. The van der Waals surface area contributed by atoms with Gasteiger partial charge in [0.25, 0.3) is 0 Å². The summed E-state index contributed by atoms with van der Waals surface area (Å²) in [6.45, 7) is 4.18. The minimum absolute atomic E-state index is 1.01. The summed E-state index contributed by atoms with van der Waals surface area (Å²) in [6.07, 6.45) is 3.60. The molecule has 3 nitrogen and oxygen atoms in total. The largest absolute Gasteiger partial charge is 0.236 e. The maximum atomic E-state index is 4.14. The van der Waals surface area contributed by atoms with E-state index in [9.17, 15) is 0 Å². The summed E-state index contributed by atoms with van der Waals surface area (Å²) in [5, 5.41) is 4.12. The Morgan fingerprint density at radius 3 is 2.83 bits per heavy atom. The van der Waals surface area contributed by atoms with Gasteiger partial charge in [-0.25, -0.2) is 9.50 Å². The van der Waals surface area contributed by atoms with Gasteiger partial charge in [-0.05, 0) is 47.6 Å². The molecule has 0 spiro atoms. The molecule has 0 unspecified atom stereocenters. The van der Waals surface area contributed by atoms with Crippen molar-refractivity contribution in [3.63, 3.8) is 0 Å². The van der Waals surface area contributed by atoms with Crippen molar-refractivity contribution < 1.29 is 0 Å². The summed E-state index contributed by atoms with van der Waals surface area (Å²) < 4.78 is 2.88. The molecule has 0 aromatic carbocycles. The van der Waals surface area contributed by atoms with Crippen LogP contribution in [0.1, 0.15) is 11.1 Å². The van der Waals surface area contributed by atoms with Gasteiger partial charge < -0.3 is 0 Å². The fourth-order valence-corrected chi connectivity index (χ4v) is 2.01. The number of aromatic nitrogens is 3. The molecule has 0 amide bonds. The van der Waals surface area contributed by atoms with Gasteiger partial charge in [0.15, 0.2) is 0 Å². The Kier molecular flexibility index (Phi) is 1.79. The molecule has 0 saturated carbocycles. The third kappa shape index (κ3) is 1.01. The molecule has 2 heterocycles. The second kappa shape index (κ2) is 2.69. The Hall–Kier alpha value is -0.650. The maximum absolute atomic E-state index is 4.14. The minimum Gasteiger partial charge on any atom is -0.236 e. The predicted molar refractivity (Wildman–Crippen MR) is 55.2 cm³/mol. The van der Waals surface area contributed by atoms with Crippen LogP contribution in [0.5, 0.6) is 0 Å². The van der Waals surface area contributed by atoms with Crippen LogP contribution in [0.3, 0.4) is 0 Å². The Bertz CT molecular complexity index is 433. The first-order chi connectivity index (χ1) is 5.70. The monoisotopic (exact) mass is 273 g/mol. The predicted octanol–water partition coefficient (Wildman–Crippen LogP) is 1.95. The zero-order valence-corrected chi connectivity index (χ0v) is 9.03. The number of nitrogens with zero attached hydrogens (tertiary/aromatic N) is 3. The lowest BCUT2D eigenvalue weighted by molar-refractivity contribution is 0.890. The molecule has 2 aromatic rings. The molecule has 62 valence electrons. The van der Waals surface area contributed by atoms with Crippen LogP contribution >= 0.6 is 22.6 Å². The molecular formula is C8H8IN3. The van der Waals surface area contributed by atoms with E-state index in [4.69, 9.17) is 0 Å². The quantitative estimate of drug-likeness (QED) is 0.687. The SMILES string of the molecule is Cc1cn2ncnc(I)c2c1C. The first kappa shape index (κ1) is 7.97. The van der Waals surface area contributed by atoms with Gasteiger partial charge in [-0.1, -0.05) is 0 Å². The van der Waals surface area contributed by atoms with Crippen molar-refractivity contribution in [2.45, 2.75) is 13.8 Å². The first-order valence-electron chi connectivity index (χ1n) is 3.65. The molecule has 0 aliphatic carbocycles. The van der Waals surface area contributed by atoms with Crippen LogP contribution in [0.2, 0.25) is 0 Å². The van der Waals surface area contributed by atoms with Crippen molar-refractivity contribution in [1.29, 1.82) is 0 Å². The highest BCUT2D eigenvalue weighted by Gasteiger charge is 2.06. The van der Waals surface area contributed by atoms with Crippen molar-refractivity contribution >= 4 is 28.1 Å². The van der Waals surface area contributed by atoms with Gasteiger partial charge in [0, 0.05) is 6.20 Å². The molecule has 4 heteroatoms. The summed E-state index contributed by atoms with van der Waals surface area (Å²) in [5.41, 5.74) is 3.64. The third-order valence-electron chi connectivity index (χ3n) is 2.03. The van der Waals surface area contributed by atoms with E-state index < -0.39 is 0 Å². The second-order valence-corrected chi connectivity index (χ2v) is 3.80. The fraction of sp³-hybridized carbons (Fsp3) is 0.250. The van der Waals surface area contributed by atoms with Crippen molar-refractivity contribution in [2.75, 3.05) is 0 Å². The van der Waals surface area contributed by atoms with E-state index in [0.29, 0.717) is 0 Å². The average molecular weight is 273 g/mol. The summed E-state index contributed by atoms with van der Waals surface area (Å²) in [4.78, 5) is 4.14. The van der Waals surface area contributed by atoms with Gasteiger partial charge in [0.05, 0.1) is 5.52 Å². The fourth-order valence-electron chi connectivity index (χ4n) is 1.24. The summed E-state index contributed by atoms with van der Waals surface area (Å²) in [5.74, 6) is 0. The molecular weight excluding hydrogens is 265 g/mol. The van der Waals surface area contributed by atoms with E-state index in [2.05, 4.69) is 46.5 Å². The van der Waals surface area contributed by atoms with Gasteiger partial charge in [-0.3, -0.25) is 0 Å². The smallest absolute Gasteiger partial charge is 0.137 e. The van der Waals surface area contributed by atoms with E-state index in [1.54, 1.807) is 6.33 Å². The number of rotatable bonds is 0. The Labute approximate surface area is 83.9 Å². The number of hydrogen-bond donors (Lipinski definition) is 0. The Morgan fingerprint density at radius 1 is 1.42 bits per heavy atom. The lowest BCUT2D eigenvalue weighted by Gasteiger charge is -1.95. The van der Waals surface area contributed by atoms with Gasteiger partial charge in [-0.2, -0.15) is 5.10 Å². The van der Waals surface area contributed by atoms with Gasteiger partial charge in [-0.15, -0.1) is 0 Å². The van der Waals surface area contributed by atoms with E-state index >= 15 is 0 Å². The van der Waals surface area contributed by atoms with Gasteiger partial charge >= 0.3 is 0 Å². The normalized spacial score (nSPS) is 10.9.